The first-order chi connectivity index (χ1) is 9.69. The summed E-state index contributed by atoms with van der Waals surface area (Å²) in [6.07, 6.45) is 1.55. The molecule has 1 atom stereocenters. The molecule has 2 aromatic carbocycles. The van der Waals surface area contributed by atoms with Gasteiger partial charge in [-0.2, -0.15) is 0 Å². The molecule has 4 heteroatoms. The summed E-state index contributed by atoms with van der Waals surface area (Å²) in [6, 6.07) is 18.1. The summed E-state index contributed by atoms with van der Waals surface area (Å²) in [5, 5.41) is 0. The minimum absolute atomic E-state index is 0.260. The summed E-state index contributed by atoms with van der Waals surface area (Å²) in [5.41, 5.74) is 1.34. The molecule has 0 heterocycles. The second-order valence-corrected chi connectivity index (χ2v) is 6.62. The lowest BCUT2D eigenvalue weighted by molar-refractivity contribution is 0.121. The molecule has 1 unspecified atom stereocenters. The third kappa shape index (κ3) is 4.03. The fourth-order valence-electron chi connectivity index (χ4n) is 1.86. The molecule has 0 N–H and O–H groups in total. The largest absolute Gasteiger partial charge is 0.513 e. The number of thiol groups is 1. The van der Waals surface area contributed by atoms with Crippen LogP contribution in [-0.2, 0) is 10.5 Å². The predicted octanol–water partition coefficient (Wildman–Crippen LogP) is 4.02. The van der Waals surface area contributed by atoms with Crippen molar-refractivity contribution in [3.8, 4) is 5.75 Å². The topological polar surface area (TPSA) is 35.5 Å². The van der Waals surface area contributed by atoms with Gasteiger partial charge in [-0.05, 0) is 41.0 Å². The van der Waals surface area contributed by atoms with E-state index < -0.39 is 6.16 Å². The standard InChI is InChI=1S/C16H18O3S/c1-18-16(17)19-14-8-10-15(11-9-14)20(2)12-13-6-4-3-5-7-13/h3-11,20H,12H2,1-2H3. The number of carbonyl (C=O) groups excluding carboxylic acids is 1. The molecule has 0 aromatic heterocycles. The molecular formula is C16H18O3S. The lowest BCUT2D eigenvalue weighted by Gasteiger charge is -2.17. The van der Waals surface area contributed by atoms with Crippen molar-refractivity contribution >= 4 is 17.1 Å². The average Bonchev–Trinajstić information content (AvgIpc) is 2.49. The van der Waals surface area contributed by atoms with Crippen molar-refractivity contribution in [1.29, 1.82) is 0 Å². The molecule has 106 valence electrons. The first-order valence-electron chi connectivity index (χ1n) is 6.30. The summed E-state index contributed by atoms with van der Waals surface area (Å²) in [7, 11) is 1.03. The van der Waals surface area contributed by atoms with Gasteiger partial charge in [-0.15, -0.1) is 0 Å². The van der Waals surface area contributed by atoms with Crippen molar-refractivity contribution in [3.63, 3.8) is 0 Å². The van der Waals surface area contributed by atoms with E-state index in [9.17, 15) is 4.79 Å². The van der Waals surface area contributed by atoms with E-state index in [0.29, 0.717) is 5.75 Å². The highest BCUT2D eigenvalue weighted by Crippen LogP contribution is 2.36. The van der Waals surface area contributed by atoms with Gasteiger partial charge >= 0.3 is 6.16 Å². The van der Waals surface area contributed by atoms with Gasteiger partial charge in [0, 0.05) is 5.75 Å². The van der Waals surface area contributed by atoms with Gasteiger partial charge in [0.2, 0.25) is 0 Å². The third-order valence-electron chi connectivity index (χ3n) is 2.91. The molecule has 0 fully saturated rings. The van der Waals surface area contributed by atoms with Gasteiger partial charge in [0.1, 0.15) is 5.75 Å². The number of benzene rings is 2. The Hall–Kier alpha value is -1.94. The normalized spacial score (nSPS) is 12.6. The van der Waals surface area contributed by atoms with Gasteiger partial charge in [0.15, 0.2) is 0 Å². The van der Waals surface area contributed by atoms with Gasteiger partial charge < -0.3 is 9.47 Å². The number of rotatable bonds is 4. The maximum Gasteiger partial charge on any atom is 0.513 e. The fourth-order valence-corrected chi connectivity index (χ4v) is 3.45. The monoisotopic (exact) mass is 290 g/mol. The van der Waals surface area contributed by atoms with Crippen LogP contribution in [-0.4, -0.2) is 19.5 Å². The molecule has 0 spiro atoms. The minimum Gasteiger partial charge on any atom is -0.437 e. The maximum absolute atomic E-state index is 11.0. The Morgan fingerprint density at radius 1 is 1.05 bits per heavy atom. The van der Waals surface area contributed by atoms with Gasteiger partial charge in [-0.25, -0.2) is 15.7 Å². The molecule has 0 amide bonds. The van der Waals surface area contributed by atoms with E-state index in [-0.39, 0.29) is 10.9 Å². The quantitative estimate of drug-likeness (QED) is 0.525. The predicted molar refractivity (Wildman–Crippen MR) is 82.8 cm³/mol. The molecule has 2 rings (SSSR count). The van der Waals surface area contributed by atoms with Gasteiger partial charge in [0.05, 0.1) is 7.11 Å². The molecule has 3 nitrogen and oxygen atoms in total. The lowest BCUT2D eigenvalue weighted by atomic mass is 10.2. The first kappa shape index (κ1) is 14.5. The third-order valence-corrected chi connectivity index (χ3v) is 4.93. The summed E-state index contributed by atoms with van der Waals surface area (Å²) in [4.78, 5) is 12.3. The van der Waals surface area contributed by atoms with Crippen LogP contribution in [0.2, 0.25) is 0 Å². The Morgan fingerprint density at radius 3 is 2.30 bits per heavy atom. The van der Waals surface area contributed by atoms with E-state index in [1.54, 1.807) is 12.1 Å². The second-order valence-electron chi connectivity index (χ2n) is 4.39. The molecule has 0 aliphatic rings. The highest BCUT2D eigenvalue weighted by atomic mass is 32.2. The van der Waals surface area contributed by atoms with E-state index in [0.717, 1.165) is 5.75 Å². The van der Waals surface area contributed by atoms with Crippen LogP contribution in [0.15, 0.2) is 59.5 Å². The Morgan fingerprint density at radius 2 is 1.70 bits per heavy atom. The van der Waals surface area contributed by atoms with Crippen molar-refractivity contribution in [2.75, 3.05) is 13.4 Å². The average molecular weight is 290 g/mol. The molecule has 20 heavy (non-hydrogen) atoms. The van der Waals surface area contributed by atoms with Crippen molar-refractivity contribution in [1.82, 2.24) is 0 Å². The maximum atomic E-state index is 11.0. The van der Waals surface area contributed by atoms with Gasteiger partial charge in [-0.1, -0.05) is 30.3 Å². The molecule has 0 bridgehead atoms. The Balaban J connectivity index is 2.00. The van der Waals surface area contributed by atoms with E-state index in [2.05, 4.69) is 35.3 Å². The number of hydrogen-bond donors (Lipinski definition) is 1. The molecule has 0 radical (unpaired) electrons. The smallest absolute Gasteiger partial charge is 0.437 e. The van der Waals surface area contributed by atoms with Crippen molar-refractivity contribution in [2.24, 2.45) is 0 Å². The van der Waals surface area contributed by atoms with Gasteiger partial charge in [0.25, 0.3) is 0 Å². The second kappa shape index (κ2) is 7.01. The lowest BCUT2D eigenvalue weighted by Crippen LogP contribution is -2.06. The van der Waals surface area contributed by atoms with Crippen molar-refractivity contribution in [3.05, 3.63) is 60.2 Å². The van der Waals surface area contributed by atoms with Crippen molar-refractivity contribution in [2.45, 2.75) is 10.6 Å². The van der Waals surface area contributed by atoms with Crippen LogP contribution in [0.3, 0.4) is 0 Å². The Labute approximate surface area is 121 Å². The van der Waals surface area contributed by atoms with E-state index in [1.807, 2.05) is 18.2 Å². The van der Waals surface area contributed by atoms with Crippen LogP contribution < -0.4 is 4.74 Å². The zero-order chi connectivity index (χ0) is 14.4. The fraction of sp³-hybridized carbons (Fsp3) is 0.188. The van der Waals surface area contributed by atoms with Crippen LogP contribution in [0.25, 0.3) is 0 Å². The number of methoxy groups -OCH3 is 1. The highest BCUT2D eigenvalue weighted by Gasteiger charge is 2.06. The van der Waals surface area contributed by atoms with Crippen LogP contribution >= 0.6 is 10.9 Å². The van der Waals surface area contributed by atoms with Crippen LogP contribution in [0.4, 0.5) is 4.79 Å². The SMILES string of the molecule is COC(=O)Oc1ccc([SH](C)Cc2ccccc2)cc1. The zero-order valence-electron chi connectivity index (χ0n) is 11.6. The first-order valence-corrected chi connectivity index (χ1v) is 8.27. The molecule has 0 saturated carbocycles. The number of ether oxygens (including phenoxy) is 2. The Kier molecular flexibility index (Phi) is 5.07. The van der Waals surface area contributed by atoms with Crippen molar-refractivity contribution < 1.29 is 14.3 Å². The molecular weight excluding hydrogens is 272 g/mol. The molecule has 0 aliphatic carbocycles. The summed E-state index contributed by atoms with van der Waals surface area (Å²) in [5.74, 6) is 1.55. The molecule has 0 saturated heterocycles. The number of carbonyl (C=O) groups is 1. The minimum atomic E-state index is -0.694. The van der Waals surface area contributed by atoms with E-state index in [4.69, 9.17) is 4.74 Å². The van der Waals surface area contributed by atoms with Crippen LogP contribution in [0.5, 0.6) is 5.75 Å². The summed E-state index contributed by atoms with van der Waals surface area (Å²) in [6.45, 7) is 0. The van der Waals surface area contributed by atoms with Crippen LogP contribution in [0.1, 0.15) is 5.56 Å². The molecule has 2 aromatic rings. The molecule has 0 aliphatic heterocycles. The summed E-state index contributed by atoms with van der Waals surface area (Å²) >= 11 is 0. The van der Waals surface area contributed by atoms with Crippen LogP contribution in [0, 0.1) is 0 Å². The van der Waals surface area contributed by atoms with E-state index >= 15 is 0 Å². The zero-order valence-corrected chi connectivity index (χ0v) is 12.5. The van der Waals surface area contributed by atoms with E-state index in [1.165, 1.54) is 17.6 Å². The number of hydrogen-bond acceptors (Lipinski definition) is 3. The highest BCUT2D eigenvalue weighted by molar-refractivity contribution is 8.15. The Bertz CT molecular complexity index is 552. The summed E-state index contributed by atoms with van der Waals surface area (Å²) < 4.78 is 9.42. The van der Waals surface area contributed by atoms with Gasteiger partial charge in [-0.3, -0.25) is 0 Å².